The Kier molecular flexibility index (Phi) is 2.75. The van der Waals surface area contributed by atoms with Gasteiger partial charge in [-0.05, 0) is 24.3 Å². The van der Waals surface area contributed by atoms with Crippen LogP contribution in [0.25, 0.3) is 11.3 Å². The average Bonchev–Trinajstić information content (AvgIpc) is 2.22. The van der Waals surface area contributed by atoms with Crippen LogP contribution in [0.15, 0.2) is 30.5 Å². The normalized spacial score (nSPS) is 10.4. The van der Waals surface area contributed by atoms with E-state index >= 15 is 0 Å². The van der Waals surface area contributed by atoms with Gasteiger partial charge in [0.25, 0.3) is 0 Å². The summed E-state index contributed by atoms with van der Waals surface area (Å²) >= 11 is 5.90. The van der Waals surface area contributed by atoms with Crippen molar-refractivity contribution in [2.24, 2.45) is 0 Å². The largest absolute Gasteiger partial charge is 0.397 e. The Morgan fingerprint density at radius 3 is 2.50 bits per heavy atom. The van der Waals surface area contributed by atoms with Gasteiger partial charge in [-0.25, -0.2) is 8.78 Å². The van der Waals surface area contributed by atoms with Crippen molar-refractivity contribution in [2.45, 2.75) is 0 Å². The molecule has 0 saturated carbocycles. The molecule has 0 aliphatic carbocycles. The van der Waals surface area contributed by atoms with Gasteiger partial charge in [-0.3, -0.25) is 4.98 Å². The summed E-state index contributed by atoms with van der Waals surface area (Å²) in [6.45, 7) is 0. The summed E-state index contributed by atoms with van der Waals surface area (Å²) in [6, 6.07) is 4.98. The summed E-state index contributed by atoms with van der Waals surface area (Å²) in [5, 5.41) is 0.297. The SMILES string of the molecule is Nc1cnc(-c2ccc(F)c(F)c2)c(Cl)c1. The molecule has 1 aromatic heterocycles. The summed E-state index contributed by atoms with van der Waals surface area (Å²) in [4.78, 5) is 3.97. The maximum atomic E-state index is 13.0. The zero-order valence-electron chi connectivity index (χ0n) is 8.05. The van der Waals surface area contributed by atoms with E-state index in [-0.39, 0.29) is 0 Å². The number of halogens is 3. The molecule has 2 aromatic rings. The van der Waals surface area contributed by atoms with Crippen molar-refractivity contribution in [3.8, 4) is 11.3 Å². The Morgan fingerprint density at radius 1 is 1.12 bits per heavy atom. The van der Waals surface area contributed by atoms with Crippen LogP contribution < -0.4 is 5.73 Å². The van der Waals surface area contributed by atoms with Crippen LogP contribution in [0, 0.1) is 11.6 Å². The lowest BCUT2D eigenvalue weighted by atomic mass is 10.1. The van der Waals surface area contributed by atoms with E-state index in [1.807, 2.05) is 0 Å². The number of nitrogens with two attached hydrogens (primary N) is 1. The van der Waals surface area contributed by atoms with Crippen molar-refractivity contribution >= 4 is 17.3 Å². The van der Waals surface area contributed by atoms with Gasteiger partial charge in [0.15, 0.2) is 11.6 Å². The van der Waals surface area contributed by atoms with Crippen molar-refractivity contribution in [2.75, 3.05) is 5.73 Å². The predicted molar refractivity (Wildman–Crippen MR) is 59.0 cm³/mol. The lowest BCUT2D eigenvalue weighted by molar-refractivity contribution is 0.509. The van der Waals surface area contributed by atoms with E-state index in [0.29, 0.717) is 22.0 Å². The molecule has 0 aliphatic rings. The maximum absolute atomic E-state index is 13.0. The molecule has 0 atom stereocenters. The van der Waals surface area contributed by atoms with Gasteiger partial charge in [0, 0.05) is 5.56 Å². The third-order valence-electron chi connectivity index (χ3n) is 2.06. The van der Waals surface area contributed by atoms with Crippen LogP contribution in [0.3, 0.4) is 0 Å². The van der Waals surface area contributed by atoms with Gasteiger partial charge >= 0.3 is 0 Å². The van der Waals surface area contributed by atoms with E-state index in [1.54, 1.807) is 0 Å². The zero-order chi connectivity index (χ0) is 11.7. The molecule has 2 N–H and O–H groups in total. The summed E-state index contributed by atoms with van der Waals surface area (Å²) in [5.74, 6) is -1.84. The van der Waals surface area contributed by atoms with Crippen molar-refractivity contribution in [3.05, 3.63) is 47.1 Å². The first kappa shape index (κ1) is 10.8. The van der Waals surface area contributed by atoms with Crippen molar-refractivity contribution in [3.63, 3.8) is 0 Å². The molecule has 5 heteroatoms. The summed E-state index contributed by atoms with van der Waals surface area (Å²) in [5.41, 5.74) is 6.67. The molecular formula is C11H7ClF2N2. The molecular weight excluding hydrogens is 234 g/mol. The second kappa shape index (κ2) is 4.06. The molecule has 0 saturated heterocycles. The van der Waals surface area contributed by atoms with Crippen molar-refractivity contribution in [1.82, 2.24) is 4.98 Å². The minimum atomic E-state index is -0.938. The molecule has 1 heterocycles. The van der Waals surface area contributed by atoms with E-state index in [2.05, 4.69) is 4.98 Å². The van der Waals surface area contributed by atoms with Crippen molar-refractivity contribution in [1.29, 1.82) is 0 Å². The number of hydrogen-bond acceptors (Lipinski definition) is 2. The molecule has 2 rings (SSSR count). The highest BCUT2D eigenvalue weighted by Crippen LogP contribution is 2.27. The third kappa shape index (κ3) is 1.97. The smallest absolute Gasteiger partial charge is 0.159 e. The maximum Gasteiger partial charge on any atom is 0.159 e. The second-order valence-electron chi connectivity index (χ2n) is 3.23. The number of rotatable bonds is 1. The summed E-state index contributed by atoms with van der Waals surface area (Å²) in [7, 11) is 0. The van der Waals surface area contributed by atoms with E-state index in [1.165, 1.54) is 18.3 Å². The van der Waals surface area contributed by atoms with Gasteiger partial charge in [0.1, 0.15) is 0 Å². The van der Waals surface area contributed by atoms with Crippen LogP contribution in [0.2, 0.25) is 5.02 Å². The molecule has 0 amide bonds. The molecule has 0 bridgehead atoms. The van der Waals surface area contributed by atoms with Crippen LogP contribution in [0.4, 0.5) is 14.5 Å². The highest BCUT2D eigenvalue weighted by atomic mass is 35.5. The number of pyridine rings is 1. The molecule has 16 heavy (non-hydrogen) atoms. The quantitative estimate of drug-likeness (QED) is 0.831. The van der Waals surface area contributed by atoms with E-state index in [9.17, 15) is 8.78 Å². The minimum Gasteiger partial charge on any atom is -0.397 e. The number of anilines is 1. The molecule has 0 radical (unpaired) electrons. The van der Waals surface area contributed by atoms with E-state index < -0.39 is 11.6 Å². The lowest BCUT2D eigenvalue weighted by Gasteiger charge is -2.04. The van der Waals surface area contributed by atoms with Gasteiger partial charge < -0.3 is 5.73 Å². The fourth-order valence-electron chi connectivity index (χ4n) is 1.31. The first-order valence-electron chi connectivity index (χ1n) is 4.44. The Morgan fingerprint density at radius 2 is 1.88 bits per heavy atom. The van der Waals surface area contributed by atoms with Crippen LogP contribution in [-0.2, 0) is 0 Å². The molecule has 0 fully saturated rings. The van der Waals surface area contributed by atoms with Crippen LogP contribution >= 0.6 is 11.6 Å². The number of aromatic nitrogens is 1. The molecule has 0 spiro atoms. The Hall–Kier alpha value is -1.68. The third-order valence-corrected chi connectivity index (χ3v) is 2.34. The Labute approximate surface area is 95.7 Å². The average molecular weight is 241 g/mol. The minimum absolute atomic E-state index is 0.297. The summed E-state index contributed by atoms with van der Waals surface area (Å²) < 4.78 is 25.7. The monoisotopic (exact) mass is 240 g/mol. The first-order valence-corrected chi connectivity index (χ1v) is 4.82. The van der Waals surface area contributed by atoms with E-state index in [4.69, 9.17) is 17.3 Å². The highest BCUT2D eigenvalue weighted by Gasteiger charge is 2.09. The molecule has 1 aromatic carbocycles. The fourth-order valence-corrected chi connectivity index (χ4v) is 1.59. The van der Waals surface area contributed by atoms with Gasteiger partial charge in [-0.1, -0.05) is 11.6 Å². The molecule has 0 aliphatic heterocycles. The fraction of sp³-hybridized carbons (Fsp3) is 0. The predicted octanol–water partition coefficient (Wildman–Crippen LogP) is 3.26. The topological polar surface area (TPSA) is 38.9 Å². The number of benzene rings is 1. The first-order chi connectivity index (χ1) is 7.58. The molecule has 2 nitrogen and oxygen atoms in total. The Bertz CT molecular complexity index is 544. The van der Waals surface area contributed by atoms with Gasteiger partial charge in [-0.15, -0.1) is 0 Å². The summed E-state index contributed by atoms with van der Waals surface area (Å²) in [6.07, 6.45) is 1.41. The standard InChI is InChI=1S/C11H7ClF2N2/c12-8-4-7(15)5-16-11(8)6-1-2-9(13)10(14)3-6/h1-5H,15H2. The zero-order valence-corrected chi connectivity index (χ0v) is 8.80. The molecule has 0 unspecified atom stereocenters. The van der Waals surface area contributed by atoms with Gasteiger partial charge in [-0.2, -0.15) is 0 Å². The van der Waals surface area contributed by atoms with Crippen molar-refractivity contribution < 1.29 is 8.78 Å². The lowest BCUT2D eigenvalue weighted by Crippen LogP contribution is -1.92. The number of hydrogen-bond donors (Lipinski definition) is 1. The van der Waals surface area contributed by atoms with Gasteiger partial charge in [0.05, 0.1) is 22.6 Å². The molecule has 82 valence electrons. The second-order valence-corrected chi connectivity index (χ2v) is 3.64. The van der Waals surface area contributed by atoms with Gasteiger partial charge in [0.2, 0.25) is 0 Å². The van der Waals surface area contributed by atoms with Crippen LogP contribution in [0.5, 0.6) is 0 Å². The van der Waals surface area contributed by atoms with Crippen LogP contribution in [-0.4, -0.2) is 4.98 Å². The number of nitrogens with zero attached hydrogens (tertiary/aromatic N) is 1. The van der Waals surface area contributed by atoms with E-state index in [0.717, 1.165) is 12.1 Å². The highest BCUT2D eigenvalue weighted by molar-refractivity contribution is 6.33. The number of nitrogen functional groups attached to an aromatic ring is 1. The Balaban J connectivity index is 2.54. The van der Waals surface area contributed by atoms with Crippen LogP contribution in [0.1, 0.15) is 0 Å².